The molecule has 0 spiro atoms. The quantitative estimate of drug-likeness (QED) is 0.662. The number of hydrogen-bond donors (Lipinski definition) is 2. The molecule has 1 aliphatic rings. The van der Waals surface area contributed by atoms with E-state index in [0.717, 1.165) is 12.8 Å². The zero-order chi connectivity index (χ0) is 20.2. The van der Waals surface area contributed by atoms with Gasteiger partial charge in [-0.25, -0.2) is 9.37 Å². The van der Waals surface area contributed by atoms with Gasteiger partial charge >= 0.3 is 0 Å². The van der Waals surface area contributed by atoms with Gasteiger partial charge in [0.25, 0.3) is 5.91 Å². The second kappa shape index (κ2) is 8.05. The number of rotatable bonds is 6. The molecule has 0 saturated heterocycles. The molecule has 1 aromatic carbocycles. The summed E-state index contributed by atoms with van der Waals surface area (Å²) in [5, 5.41) is 5.45. The molecule has 1 fully saturated rings. The molecule has 0 aliphatic heterocycles. The van der Waals surface area contributed by atoms with Crippen LogP contribution in [0.5, 0.6) is 11.5 Å². The van der Waals surface area contributed by atoms with E-state index in [9.17, 15) is 14.0 Å². The van der Waals surface area contributed by atoms with Crippen LogP contribution >= 0.6 is 0 Å². The monoisotopic (exact) mass is 391 g/mol. The zero-order valence-corrected chi connectivity index (χ0v) is 15.3. The molecule has 4 rings (SSSR count). The first-order valence-electron chi connectivity index (χ1n) is 9.04. The van der Waals surface area contributed by atoms with Crippen molar-refractivity contribution in [1.29, 1.82) is 0 Å². The fourth-order valence-corrected chi connectivity index (χ4v) is 2.60. The molecule has 3 aromatic rings. The highest BCUT2D eigenvalue weighted by atomic mass is 18.2. The highest BCUT2D eigenvalue weighted by molar-refractivity contribution is 6.05. The van der Waals surface area contributed by atoms with E-state index in [-0.39, 0.29) is 17.6 Å². The van der Waals surface area contributed by atoms with Gasteiger partial charge in [0.15, 0.2) is 5.75 Å². The van der Waals surface area contributed by atoms with Gasteiger partial charge in [-0.15, -0.1) is 0 Å². The second-order valence-electron chi connectivity index (χ2n) is 6.58. The summed E-state index contributed by atoms with van der Waals surface area (Å²) in [5.74, 6) is 0.268. The summed E-state index contributed by atoms with van der Waals surface area (Å²) in [6, 6.07) is 10.2. The number of amides is 2. The van der Waals surface area contributed by atoms with Gasteiger partial charge in [0.1, 0.15) is 23.1 Å². The van der Waals surface area contributed by atoms with Gasteiger partial charge < -0.3 is 15.4 Å². The van der Waals surface area contributed by atoms with Crippen LogP contribution in [0.1, 0.15) is 23.2 Å². The van der Waals surface area contributed by atoms with E-state index in [0.29, 0.717) is 28.6 Å². The van der Waals surface area contributed by atoms with Gasteiger partial charge in [-0.1, -0.05) is 0 Å². The lowest BCUT2D eigenvalue weighted by molar-refractivity contribution is -0.117. The van der Waals surface area contributed by atoms with Crippen LogP contribution in [0.4, 0.5) is 15.9 Å². The standard InChI is InChI=1S/C21H17FN4O3/c22-15-3-5-16(6-4-15)29-18-8-9-23-12-17(18)25-21(28)14-7-10-24-19(11-14)26-20(27)13-1-2-13/h3-13H,1-2H2,(H,25,28)(H,24,26,27)/i22-1. The maximum Gasteiger partial charge on any atom is 0.255 e. The number of benzene rings is 1. The zero-order valence-electron chi connectivity index (χ0n) is 15.3. The van der Waals surface area contributed by atoms with Crippen molar-refractivity contribution in [1.82, 2.24) is 9.97 Å². The van der Waals surface area contributed by atoms with E-state index in [1.165, 1.54) is 48.9 Å². The Kier molecular flexibility index (Phi) is 5.15. The van der Waals surface area contributed by atoms with Crippen molar-refractivity contribution >= 4 is 23.3 Å². The van der Waals surface area contributed by atoms with Crippen LogP contribution in [0.3, 0.4) is 0 Å². The molecule has 0 radical (unpaired) electrons. The predicted octanol–water partition coefficient (Wildman–Crippen LogP) is 4.01. The van der Waals surface area contributed by atoms with E-state index in [1.54, 1.807) is 12.1 Å². The van der Waals surface area contributed by atoms with Crippen molar-refractivity contribution in [2.24, 2.45) is 5.92 Å². The molecule has 2 aromatic heterocycles. The Labute approximate surface area is 166 Å². The van der Waals surface area contributed by atoms with E-state index in [2.05, 4.69) is 20.6 Å². The molecule has 0 bridgehead atoms. The van der Waals surface area contributed by atoms with Crippen molar-refractivity contribution in [3.8, 4) is 11.5 Å². The second-order valence-corrected chi connectivity index (χ2v) is 6.58. The summed E-state index contributed by atoms with van der Waals surface area (Å²) in [6.45, 7) is 0. The minimum Gasteiger partial charge on any atom is -0.455 e. The lowest BCUT2D eigenvalue weighted by Gasteiger charge is -2.12. The fraction of sp³-hybridized carbons (Fsp3) is 0.143. The number of hydrogen-bond acceptors (Lipinski definition) is 5. The molecule has 29 heavy (non-hydrogen) atoms. The maximum absolute atomic E-state index is 13.1. The number of pyridine rings is 2. The van der Waals surface area contributed by atoms with Crippen LogP contribution in [-0.4, -0.2) is 21.8 Å². The van der Waals surface area contributed by atoms with Crippen molar-refractivity contribution in [2.75, 3.05) is 10.6 Å². The molecular weight excluding hydrogens is 374 g/mol. The Morgan fingerprint density at radius 3 is 2.59 bits per heavy atom. The Hall–Kier alpha value is -3.81. The predicted molar refractivity (Wildman–Crippen MR) is 104 cm³/mol. The van der Waals surface area contributed by atoms with E-state index in [4.69, 9.17) is 4.74 Å². The molecule has 0 unspecified atom stereocenters. The number of nitrogens with one attached hydrogen (secondary N) is 2. The molecule has 2 N–H and O–H groups in total. The molecule has 0 atom stereocenters. The van der Waals surface area contributed by atoms with Crippen LogP contribution in [0.25, 0.3) is 0 Å². The average molecular weight is 391 g/mol. The molecule has 2 amide bonds. The summed E-state index contributed by atoms with van der Waals surface area (Å²) < 4.78 is 18.8. The largest absolute Gasteiger partial charge is 0.455 e. The fourth-order valence-electron chi connectivity index (χ4n) is 2.60. The molecule has 1 aliphatic carbocycles. The lowest BCUT2D eigenvalue weighted by atomic mass is 10.2. The molecular formula is C21H17FN4O3. The smallest absolute Gasteiger partial charge is 0.255 e. The van der Waals surface area contributed by atoms with Crippen molar-refractivity contribution in [2.45, 2.75) is 12.8 Å². The van der Waals surface area contributed by atoms with E-state index >= 15 is 0 Å². The first-order chi connectivity index (χ1) is 14.1. The number of halogens is 1. The molecule has 8 heteroatoms. The number of carbonyl (C=O) groups excluding carboxylic acids is 2. The number of aromatic nitrogens is 2. The Balaban J connectivity index is 1.48. The minimum atomic E-state index is -0.411. The summed E-state index contributed by atoms with van der Waals surface area (Å²) in [7, 11) is 0. The molecule has 146 valence electrons. The van der Waals surface area contributed by atoms with Gasteiger partial charge in [0.2, 0.25) is 5.91 Å². The van der Waals surface area contributed by atoms with Gasteiger partial charge in [0.05, 0.1) is 6.20 Å². The molecule has 7 nitrogen and oxygen atoms in total. The third kappa shape index (κ3) is 4.73. The van der Waals surface area contributed by atoms with Crippen molar-refractivity contribution < 1.29 is 18.7 Å². The van der Waals surface area contributed by atoms with Crippen molar-refractivity contribution in [3.63, 3.8) is 0 Å². The first-order valence-corrected chi connectivity index (χ1v) is 9.04. The van der Waals surface area contributed by atoms with Crippen LogP contribution in [0, 0.1) is 11.7 Å². The lowest BCUT2D eigenvalue weighted by Crippen LogP contribution is -2.16. The van der Waals surface area contributed by atoms with Gasteiger partial charge in [0, 0.05) is 29.9 Å². The topological polar surface area (TPSA) is 93.2 Å². The normalized spacial score (nSPS) is 12.9. The number of nitrogens with zero attached hydrogens (tertiary/aromatic N) is 2. The summed E-state index contributed by atoms with van der Waals surface area (Å²) in [5.41, 5.74) is 0.671. The minimum absolute atomic E-state index is 0.0378. The third-order valence-electron chi connectivity index (χ3n) is 4.29. The highest BCUT2D eigenvalue weighted by Crippen LogP contribution is 2.30. The SMILES string of the molecule is O=C(Nc1cnccc1Oc1ccc([18F])cc1)c1ccnc(NC(=O)C2CC2)c1. The molecule has 2 heterocycles. The highest BCUT2D eigenvalue weighted by Gasteiger charge is 2.29. The van der Waals surface area contributed by atoms with Crippen LogP contribution in [0.15, 0.2) is 61.1 Å². The third-order valence-corrected chi connectivity index (χ3v) is 4.29. The summed E-state index contributed by atoms with van der Waals surface area (Å²) >= 11 is 0. The van der Waals surface area contributed by atoms with Crippen LogP contribution in [-0.2, 0) is 4.79 Å². The first kappa shape index (κ1) is 18.5. The molecule has 1 saturated carbocycles. The van der Waals surface area contributed by atoms with E-state index < -0.39 is 5.91 Å². The van der Waals surface area contributed by atoms with Crippen LogP contribution in [0.2, 0.25) is 0 Å². The van der Waals surface area contributed by atoms with Gasteiger partial charge in [-0.3, -0.25) is 14.6 Å². The Morgan fingerprint density at radius 1 is 1.03 bits per heavy atom. The maximum atomic E-state index is 13.1. The van der Waals surface area contributed by atoms with Gasteiger partial charge in [-0.05, 0) is 49.2 Å². The number of ether oxygens (including phenoxy) is 1. The number of anilines is 2. The van der Waals surface area contributed by atoms with Gasteiger partial charge in [-0.2, -0.15) is 0 Å². The van der Waals surface area contributed by atoms with Crippen LogP contribution < -0.4 is 15.4 Å². The van der Waals surface area contributed by atoms with Crippen molar-refractivity contribution in [3.05, 3.63) is 72.4 Å². The number of carbonyl (C=O) groups is 2. The summed E-state index contributed by atoms with van der Waals surface area (Å²) in [6.07, 6.45) is 6.19. The summed E-state index contributed by atoms with van der Waals surface area (Å²) in [4.78, 5) is 32.6. The Morgan fingerprint density at radius 2 is 1.83 bits per heavy atom. The Bertz CT molecular complexity index is 1050. The van der Waals surface area contributed by atoms with E-state index in [1.807, 2.05) is 0 Å². The average Bonchev–Trinajstić information content (AvgIpc) is 3.57.